The number of aryl methyl sites for hydroxylation is 7. The summed E-state index contributed by atoms with van der Waals surface area (Å²) in [4.78, 5) is 41.6. The predicted molar refractivity (Wildman–Crippen MR) is 610 cm³/mol. The summed E-state index contributed by atoms with van der Waals surface area (Å²) in [5, 5.41) is 70.4. The number of aromatic hydroxyl groups is 7. The van der Waals surface area contributed by atoms with Crippen LogP contribution in [0.1, 0.15) is 101 Å². The first-order valence-electron chi connectivity index (χ1n) is 41.2. The molecule has 0 saturated carbocycles. The molecule has 0 aromatic heterocycles. The Labute approximate surface area is 896 Å². The van der Waals surface area contributed by atoms with Crippen LogP contribution in [-0.2, 0) is 4.74 Å². The van der Waals surface area contributed by atoms with Crippen molar-refractivity contribution in [2.45, 2.75) is 55.4 Å². The molecule has 0 unspecified atom stereocenters. The van der Waals surface area contributed by atoms with Gasteiger partial charge in [-0.25, -0.2) is 13.6 Å². The molecule has 0 aliphatic carbocycles. The molecule has 0 fully saturated rings. The molecule has 0 radical (unpaired) electrons. The number of aliphatic imine (C=N–C) groups is 7. The number of nitrogens with zero attached hydrogens (tertiary/aromatic N) is 7. The number of phenolic OH excluding ortho intramolecular Hbond substituents is 7. The minimum Gasteiger partial charge on any atom is -0.506 e. The highest BCUT2D eigenvalue weighted by Crippen LogP contribution is 2.42. The van der Waals surface area contributed by atoms with Crippen LogP contribution in [0.5, 0.6) is 63.2 Å². The minimum atomic E-state index is -0.379. The maximum atomic E-state index is 13.4. The Balaban J connectivity index is 0.000000197. The normalized spacial score (nSPS) is 10.9. The summed E-state index contributed by atoms with van der Waals surface area (Å²) in [5.41, 5.74) is 18.1. The maximum absolute atomic E-state index is 13.4. The van der Waals surface area contributed by atoms with Gasteiger partial charge in [-0.15, -0.1) is 6.42 Å². The highest BCUT2D eigenvalue weighted by Gasteiger charge is 2.16. The molecule has 0 saturated heterocycles. The van der Waals surface area contributed by atoms with E-state index in [4.69, 9.17) is 41.7 Å². The molecule has 704 valence electrons. The van der Waals surface area contributed by atoms with Gasteiger partial charge in [0, 0.05) is 105 Å². The minimum absolute atomic E-state index is 0.168. The lowest BCUT2D eigenvalue weighted by Gasteiger charge is -2.12. The van der Waals surface area contributed by atoms with Crippen LogP contribution in [0.25, 0.3) is 0 Å². The number of hydrogen-bond acceptors (Lipinski definition) is 20. The van der Waals surface area contributed by atoms with E-state index in [1.54, 1.807) is 152 Å². The van der Waals surface area contributed by atoms with Gasteiger partial charge in [-0.1, -0.05) is 35.7 Å². The van der Waals surface area contributed by atoms with Crippen molar-refractivity contribution in [3.05, 3.63) is 373 Å². The van der Waals surface area contributed by atoms with Crippen molar-refractivity contribution < 1.29 is 73.0 Å². The number of phenols is 7. The number of esters is 1. The molecule has 14 rings (SSSR count). The van der Waals surface area contributed by atoms with Crippen LogP contribution in [0.4, 0.5) is 48.6 Å². The summed E-state index contributed by atoms with van der Waals surface area (Å²) < 4.78 is 57.6. The van der Waals surface area contributed by atoms with Crippen LogP contribution >= 0.6 is 170 Å². The summed E-state index contributed by atoms with van der Waals surface area (Å²) >= 11 is 20.4. The molecule has 137 heavy (non-hydrogen) atoms. The van der Waals surface area contributed by atoms with Crippen molar-refractivity contribution in [1.82, 2.24) is 0 Å². The van der Waals surface area contributed by atoms with E-state index in [0.29, 0.717) is 84.9 Å². The summed E-state index contributed by atoms with van der Waals surface area (Å²) in [7, 11) is 6.29. The maximum Gasteiger partial charge on any atom is 0.338 e. The third-order valence-electron chi connectivity index (χ3n) is 18.7. The van der Waals surface area contributed by atoms with Crippen molar-refractivity contribution >= 4 is 259 Å². The summed E-state index contributed by atoms with van der Waals surface area (Å²) in [6.45, 7) is 15.9. The first-order valence-corrected chi connectivity index (χ1v) is 49.1. The molecule has 20 nitrogen and oxygen atoms in total. The Morgan fingerprint density at radius 1 is 0.350 bits per heavy atom. The molecule has 14 aromatic carbocycles. The molecule has 0 atom stereocenters. The fourth-order valence-electron chi connectivity index (χ4n) is 12.0. The smallest absolute Gasteiger partial charge is 0.338 e. The van der Waals surface area contributed by atoms with Gasteiger partial charge in [0.15, 0.2) is 11.5 Å². The van der Waals surface area contributed by atoms with E-state index < -0.39 is 0 Å². The van der Waals surface area contributed by atoms with Crippen LogP contribution < -0.4 is 18.9 Å². The number of methoxy groups -OCH3 is 4. The van der Waals surface area contributed by atoms with Gasteiger partial charge in [0.1, 0.15) is 57.6 Å². The van der Waals surface area contributed by atoms with Gasteiger partial charge in [0.05, 0.1) is 105 Å². The second kappa shape index (κ2) is 56.1. The van der Waals surface area contributed by atoms with Crippen molar-refractivity contribution in [1.29, 1.82) is 0 Å². The Bertz CT molecular complexity index is 6690. The average molecular weight is 2650 g/mol. The topological polar surface area (TPSA) is 291 Å². The molecule has 0 aliphatic rings. The number of rotatable bonds is 20. The number of halogens is 10. The fraction of sp³-hybridized carbons (Fsp3) is 0.121. The van der Waals surface area contributed by atoms with Gasteiger partial charge >= 0.3 is 5.97 Å². The van der Waals surface area contributed by atoms with E-state index in [9.17, 15) is 49.3 Å². The zero-order valence-electron chi connectivity index (χ0n) is 75.9. The molecule has 7 N–H and O–H groups in total. The van der Waals surface area contributed by atoms with Crippen molar-refractivity contribution in [3.63, 3.8) is 0 Å². The van der Waals surface area contributed by atoms with Crippen LogP contribution in [0, 0.1) is 97.4 Å². The molecule has 14 aromatic rings. The van der Waals surface area contributed by atoms with Crippen molar-refractivity contribution in [2.24, 2.45) is 34.9 Å². The number of terminal acetylenes is 1. The first-order chi connectivity index (χ1) is 65.4. The van der Waals surface area contributed by atoms with Crippen molar-refractivity contribution in [2.75, 3.05) is 35.0 Å². The highest BCUT2D eigenvalue weighted by atomic mass is 127. The van der Waals surface area contributed by atoms with Gasteiger partial charge in [-0.05, 0) is 465 Å². The third kappa shape index (κ3) is 35.7. The van der Waals surface area contributed by atoms with E-state index in [0.717, 1.165) is 97.9 Å². The van der Waals surface area contributed by atoms with Crippen LogP contribution in [0.3, 0.4) is 0 Å². The lowest BCUT2D eigenvalue weighted by molar-refractivity contribution is 0.0526. The van der Waals surface area contributed by atoms with E-state index >= 15 is 0 Å². The molecule has 0 bridgehead atoms. The standard InChI is InChI=1S/C17H18INO4.C17H16INO3.C16H12INO.C15H14INO2.C14H11ClINO.2C14H11FINO/c1-10-5-11(16(20)13(18)6-10)9-19-12-7-14(21-2)17(23-4)15(8-12)22-3;1-3-22-17(21)12-4-6-14(7-5-12)19-10-13-8-11(2)9-15(18)16(13)20;1-3-12-5-4-6-14(9-12)18-10-13-7-11(2)8-15(17)16(13)19;1-10-7-11(15(18)14(16)8-10)9-17-12-3-5-13(19-2)6-4-12;2*1-9-6-10(14(18)13(16)7-9)8-17-12-4-2-11(15)3-5-12;1-9-6-10(14(18)12(16)7-9)8-17-13-5-3-2-4-11(13)15/h5-9,20H,1-4H3;4-10,20H,3H2,1-2H3;1,4-10,19H,2H3;3-9,18H,1-2H3;3*2-8,18H,1H3. The van der Waals surface area contributed by atoms with Crippen LogP contribution in [0.2, 0.25) is 5.02 Å². The lowest BCUT2D eigenvalue weighted by Crippen LogP contribution is -2.03. The largest absolute Gasteiger partial charge is 0.506 e. The molecule has 30 heteroatoms. The zero-order valence-corrected chi connectivity index (χ0v) is 91.8. The first kappa shape index (κ1) is 111. The zero-order chi connectivity index (χ0) is 100. The number of carbonyl (C=O) groups is 1. The molecule has 0 aliphatic heterocycles. The molecule has 0 amide bonds. The summed E-state index contributed by atoms with van der Waals surface area (Å²) in [5.74, 6) is 5.53. The number of hydrogen-bond donors (Lipinski definition) is 7. The van der Waals surface area contributed by atoms with Gasteiger partial charge in [-0.2, -0.15) is 0 Å². The Morgan fingerprint density at radius 3 is 0.956 bits per heavy atom. The van der Waals surface area contributed by atoms with Gasteiger partial charge in [0.25, 0.3) is 0 Å². The Morgan fingerprint density at radius 2 is 0.650 bits per heavy atom. The number of ether oxygens (including phenoxy) is 5. The Hall–Kier alpha value is -11.1. The summed E-state index contributed by atoms with van der Waals surface area (Å²) in [6, 6.07) is 71.0. The second-order valence-corrected chi connectivity index (χ2v) is 38.1. The average Bonchev–Trinajstić information content (AvgIpc) is 0.817. The molecular weight excluding hydrogens is 2550 g/mol. The highest BCUT2D eigenvalue weighted by molar-refractivity contribution is 14.1. The number of benzene rings is 14. The van der Waals surface area contributed by atoms with E-state index in [1.165, 1.54) is 24.4 Å². The molecule has 0 heterocycles. The fourth-order valence-corrected chi connectivity index (χ4v) is 17.8. The van der Waals surface area contributed by atoms with Gasteiger partial charge in [0.2, 0.25) is 5.75 Å². The number of para-hydroxylation sites is 1. The Kier molecular flexibility index (Phi) is 45.5. The SMILES string of the molecule is C#Cc1cccc(N=Cc2cc(C)cc(I)c2O)c1.CCOC(=O)c1ccc(N=Cc2cc(C)cc(I)c2O)cc1.COc1cc(N=Cc2cc(C)cc(I)c2O)cc(OC)c1OC.COc1ccc(N=Cc2cc(C)cc(I)c2O)cc1.Cc1cc(I)c(O)c(C=Nc2ccc(Cl)cc2)c1.Cc1cc(I)c(O)c(C=Nc2ccc(F)cc2)c1.Cc1cc(I)c(O)c(C=Nc2ccccc2F)c1. The third-order valence-corrected chi connectivity index (χ3v) is 24.7. The van der Waals surface area contributed by atoms with Crippen molar-refractivity contribution in [3.8, 4) is 75.6 Å². The predicted octanol–water partition coefficient (Wildman–Crippen LogP) is 29.5. The van der Waals surface area contributed by atoms with E-state index in [1.807, 2.05) is 194 Å². The quantitative estimate of drug-likeness (QED) is 0.0162. The van der Waals surface area contributed by atoms with Gasteiger partial charge < -0.3 is 59.4 Å². The molecular formula is C107H93ClF2I7N7O13. The number of carbonyl (C=O) groups excluding carboxylic acids is 1. The van der Waals surface area contributed by atoms with Gasteiger partial charge in [-0.3, -0.25) is 34.9 Å². The van der Waals surface area contributed by atoms with E-state index in [2.05, 4.69) is 199 Å². The second-order valence-electron chi connectivity index (χ2n) is 29.5. The van der Waals surface area contributed by atoms with E-state index in [-0.39, 0.29) is 63.5 Å². The molecule has 0 spiro atoms. The summed E-state index contributed by atoms with van der Waals surface area (Å²) in [6.07, 6.45) is 16.6. The lowest BCUT2D eigenvalue weighted by atomic mass is 10.1. The van der Waals surface area contributed by atoms with Crippen LogP contribution in [0.15, 0.2) is 278 Å². The van der Waals surface area contributed by atoms with Crippen LogP contribution in [-0.4, -0.2) is 120 Å². The monoisotopic (exact) mass is 2640 g/mol.